The van der Waals surface area contributed by atoms with Crippen LogP contribution < -0.4 is 10.2 Å². The largest absolute Gasteiger partial charge is 0.345 e. The van der Waals surface area contributed by atoms with Crippen molar-refractivity contribution in [2.75, 3.05) is 36.4 Å². The van der Waals surface area contributed by atoms with Crippen molar-refractivity contribution in [2.24, 2.45) is 0 Å². The number of carbonyl (C=O) groups excluding carboxylic acids is 1. The van der Waals surface area contributed by atoms with E-state index in [1.807, 2.05) is 24.3 Å². The molecule has 2 amide bonds. The van der Waals surface area contributed by atoms with Gasteiger partial charge in [0.05, 0.1) is 4.92 Å². The van der Waals surface area contributed by atoms with Crippen molar-refractivity contribution >= 4 is 45.7 Å². The molecular formula is C21H21ClN6O3S. The van der Waals surface area contributed by atoms with Gasteiger partial charge >= 0.3 is 6.03 Å². The zero-order valence-corrected chi connectivity index (χ0v) is 18.7. The maximum absolute atomic E-state index is 12.6. The fourth-order valence-electron chi connectivity index (χ4n) is 3.41. The maximum atomic E-state index is 12.6. The first-order valence-corrected chi connectivity index (χ1v) is 11.3. The second kappa shape index (κ2) is 9.92. The van der Waals surface area contributed by atoms with Crippen LogP contribution in [0.2, 0.25) is 5.02 Å². The number of amides is 2. The SMILES string of the molecule is O=C(Nc1ccc([N+](=O)[O-])cc1)N1CCCN(c2nc(Cc3ccc(Cl)cc3)ns2)CC1. The molecule has 0 atom stereocenters. The van der Waals surface area contributed by atoms with Crippen LogP contribution in [0.4, 0.5) is 21.3 Å². The first kappa shape index (κ1) is 22.0. The number of nitro benzene ring substituents is 1. The molecule has 1 aromatic heterocycles. The summed E-state index contributed by atoms with van der Waals surface area (Å²) in [7, 11) is 0. The van der Waals surface area contributed by atoms with Crippen LogP contribution >= 0.6 is 23.1 Å². The highest BCUT2D eigenvalue weighted by molar-refractivity contribution is 7.09. The molecule has 0 saturated carbocycles. The molecule has 0 spiro atoms. The van der Waals surface area contributed by atoms with Crippen LogP contribution in [0.5, 0.6) is 0 Å². The third-order valence-electron chi connectivity index (χ3n) is 5.12. The monoisotopic (exact) mass is 472 g/mol. The Morgan fingerprint density at radius 1 is 1.09 bits per heavy atom. The summed E-state index contributed by atoms with van der Waals surface area (Å²) in [5, 5.41) is 15.1. The molecule has 3 aromatic rings. The lowest BCUT2D eigenvalue weighted by Gasteiger charge is -2.21. The predicted molar refractivity (Wildman–Crippen MR) is 125 cm³/mol. The average molecular weight is 473 g/mol. The summed E-state index contributed by atoms with van der Waals surface area (Å²) in [5.41, 5.74) is 1.61. The normalized spacial score (nSPS) is 14.2. The smallest absolute Gasteiger partial charge is 0.321 e. The van der Waals surface area contributed by atoms with E-state index in [4.69, 9.17) is 11.6 Å². The van der Waals surface area contributed by atoms with Gasteiger partial charge in [-0.2, -0.15) is 4.37 Å². The lowest BCUT2D eigenvalue weighted by atomic mass is 10.1. The van der Waals surface area contributed by atoms with Gasteiger partial charge in [0.15, 0.2) is 0 Å². The predicted octanol–water partition coefficient (Wildman–Crippen LogP) is 4.43. The van der Waals surface area contributed by atoms with Gasteiger partial charge in [-0.1, -0.05) is 23.7 Å². The summed E-state index contributed by atoms with van der Waals surface area (Å²) in [6, 6.07) is 13.2. The van der Waals surface area contributed by atoms with Crippen molar-refractivity contribution in [3.63, 3.8) is 0 Å². The first-order chi connectivity index (χ1) is 15.5. The van der Waals surface area contributed by atoms with Crippen LogP contribution in [0.1, 0.15) is 17.8 Å². The fourth-order valence-corrected chi connectivity index (χ4v) is 4.27. The Morgan fingerprint density at radius 3 is 2.56 bits per heavy atom. The molecule has 0 unspecified atom stereocenters. The number of halogens is 1. The van der Waals surface area contributed by atoms with E-state index in [9.17, 15) is 14.9 Å². The highest BCUT2D eigenvalue weighted by Gasteiger charge is 2.21. The van der Waals surface area contributed by atoms with Crippen molar-refractivity contribution in [3.05, 3.63) is 75.1 Å². The van der Waals surface area contributed by atoms with Crippen LogP contribution in [0, 0.1) is 10.1 Å². The number of hydrogen-bond donors (Lipinski definition) is 1. The zero-order chi connectivity index (χ0) is 22.5. The molecule has 0 radical (unpaired) electrons. The van der Waals surface area contributed by atoms with E-state index in [0.717, 1.165) is 29.5 Å². The van der Waals surface area contributed by atoms with Gasteiger partial charge in [0, 0.05) is 67.0 Å². The van der Waals surface area contributed by atoms with E-state index in [2.05, 4.69) is 19.6 Å². The van der Waals surface area contributed by atoms with Crippen molar-refractivity contribution in [1.82, 2.24) is 14.3 Å². The van der Waals surface area contributed by atoms with Crippen LogP contribution in [-0.4, -0.2) is 51.4 Å². The van der Waals surface area contributed by atoms with E-state index in [0.29, 0.717) is 36.8 Å². The summed E-state index contributed by atoms with van der Waals surface area (Å²) >= 11 is 7.31. The molecule has 9 nitrogen and oxygen atoms in total. The molecule has 0 bridgehead atoms. The molecular weight excluding hydrogens is 452 g/mol. The van der Waals surface area contributed by atoms with Crippen LogP contribution in [-0.2, 0) is 6.42 Å². The summed E-state index contributed by atoms with van der Waals surface area (Å²) in [6.07, 6.45) is 1.45. The number of aromatic nitrogens is 2. The Kier molecular flexibility index (Phi) is 6.81. The second-order valence-corrected chi connectivity index (χ2v) is 8.52. The summed E-state index contributed by atoms with van der Waals surface area (Å²) in [6.45, 7) is 2.61. The van der Waals surface area contributed by atoms with E-state index in [-0.39, 0.29) is 11.7 Å². The molecule has 2 heterocycles. The molecule has 4 rings (SSSR count). The van der Waals surface area contributed by atoms with Crippen LogP contribution in [0.15, 0.2) is 48.5 Å². The minimum atomic E-state index is -0.469. The van der Waals surface area contributed by atoms with Gasteiger partial charge in [0.2, 0.25) is 5.13 Å². The van der Waals surface area contributed by atoms with Crippen molar-refractivity contribution in [3.8, 4) is 0 Å². The average Bonchev–Trinajstić information content (AvgIpc) is 3.10. The van der Waals surface area contributed by atoms with Crippen molar-refractivity contribution < 1.29 is 9.72 Å². The third-order valence-corrected chi connectivity index (χ3v) is 6.18. The lowest BCUT2D eigenvalue weighted by molar-refractivity contribution is -0.384. The molecule has 1 aliphatic rings. The van der Waals surface area contributed by atoms with Gasteiger partial charge in [-0.3, -0.25) is 10.1 Å². The highest BCUT2D eigenvalue weighted by Crippen LogP contribution is 2.22. The number of non-ortho nitro benzene ring substituents is 1. The maximum Gasteiger partial charge on any atom is 0.321 e. The molecule has 1 N–H and O–H groups in total. The number of benzene rings is 2. The van der Waals surface area contributed by atoms with E-state index < -0.39 is 4.92 Å². The number of nitrogens with one attached hydrogen (secondary N) is 1. The number of nitrogens with zero attached hydrogens (tertiary/aromatic N) is 5. The van der Waals surface area contributed by atoms with Crippen LogP contribution in [0.3, 0.4) is 0 Å². The van der Waals surface area contributed by atoms with Gasteiger partial charge in [0.1, 0.15) is 5.82 Å². The van der Waals surface area contributed by atoms with Gasteiger partial charge in [-0.25, -0.2) is 9.78 Å². The minimum absolute atomic E-state index is 0.0131. The van der Waals surface area contributed by atoms with Gasteiger partial charge < -0.3 is 15.1 Å². The molecule has 32 heavy (non-hydrogen) atoms. The Morgan fingerprint density at radius 2 is 1.84 bits per heavy atom. The van der Waals surface area contributed by atoms with Crippen molar-refractivity contribution in [2.45, 2.75) is 12.8 Å². The number of hydrogen-bond acceptors (Lipinski definition) is 7. The summed E-state index contributed by atoms with van der Waals surface area (Å²) in [5.74, 6) is 0.768. The fraction of sp³-hybridized carbons (Fsp3) is 0.286. The Hall–Kier alpha value is -3.24. The molecule has 1 fully saturated rings. The lowest BCUT2D eigenvalue weighted by Crippen LogP contribution is -2.38. The number of anilines is 2. The molecule has 166 valence electrons. The Bertz CT molecular complexity index is 1090. The third kappa shape index (κ3) is 5.51. The van der Waals surface area contributed by atoms with Crippen molar-refractivity contribution in [1.29, 1.82) is 0 Å². The molecule has 1 saturated heterocycles. The summed E-state index contributed by atoms with van der Waals surface area (Å²) in [4.78, 5) is 31.5. The first-order valence-electron chi connectivity index (χ1n) is 10.1. The van der Waals surface area contributed by atoms with E-state index in [1.165, 1.54) is 35.8 Å². The molecule has 11 heteroatoms. The number of urea groups is 1. The number of nitro groups is 1. The highest BCUT2D eigenvalue weighted by atomic mass is 35.5. The Balaban J connectivity index is 1.32. The van der Waals surface area contributed by atoms with E-state index in [1.54, 1.807) is 4.90 Å². The van der Waals surface area contributed by atoms with Gasteiger partial charge in [-0.05, 0) is 36.2 Å². The number of carbonyl (C=O) groups is 1. The number of rotatable bonds is 5. The Labute approximate surface area is 194 Å². The van der Waals surface area contributed by atoms with Crippen LogP contribution in [0.25, 0.3) is 0 Å². The van der Waals surface area contributed by atoms with Gasteiger partial charge in [-0.15, -0.1) is 0 Å². The topological polar surface area (TPSA) is 104 Å². The quantitative estimate of drug-likeness (QED) is 0.435. The van der Waals surface area contributed by atoms with Gasteiger partial charge in [0.25, 0.3) is 5.69 Å². The summed E-state index contributed by atoms with van der Waals surface area (Å²) < 4.78 is 4.48. The van der Waals surface area contributed by atoms with E-state index >= 15 is 0 Å². The zero-order valence-electron chi connectivity index (χ0n) is 17.1. The standard InChI is InChI=1S/C21H21ClN6O3S/c22-16-4-2-15(3-5-16)14-19-24-21(32-25-19)27-11-1-10-26(12-13-27)20(29)23-17-6-8-18(9-7-17)28(30)31/h2-9H,1,10-14H2,(H,23,29). The second-order valence-electron chi connectivity index (χ2n) is 7.36. The minimum Gasteiger partial charge on any atom is -0.345 e. The molecule has 0 aliphatic carbocycles. The molecule has 2 aromatic carbocycles. The molecule has 1 aliphatic heterocycles.